The van der Waals surface area contributed by atoms with Crippen LogP contribution in [0.5, 0.6) is 0 Å². The maximum absolute atomic E-state index is 13.6. The molecule has 0 spiro atoms. The van der Waals surface area contributed by atoms with Crippen LogP contribution in [0.3, 0.4) is 0 Å². The van der Waals surface area contributed by atoms with Gasteiger partial charge in [0.15, 0.2) is 0 Å². The lowest BCUT2D eigenvalue weighted by atomic mass is 10.0. The molecule has 0 fully saturated rings. The molecule has 1 aromatic rings. The maximum atomic E-state index is 13.6. The first-order chi connectivity index (χ1) is 9.42. The van der Waals surface area contributed by atoms with Crippen LogP contribution < -0.4 is 5.73 Å². The smallest absolute Gasteiger partial charge is 0.124 e. The monoisotopic (exact) mass is 276 g/mol. The standard InChI is InChI=1S/C17H25FN2/c1-13(2)8-14(3)20(4)12-16-9-15(6-5-7-19)10-17(18)11-16/h9-11,13-14H,7-8,12,19H2,1-4H3. The Labute approximate surface area is 122 Å². The van der Waals surface area contributed by atoms with E-state index in [4.69, 9.17) is 5.73 Å². The molecule has 1 atom stereocenters. The van der Waals surface area contributed by atoms with Gasteiger partial charge < -0.3 is 5.73 Å². The molecule has 110 valence electrons. The Kier molecular flexibility index (Phi) is 6.70. The fourth-order valence-electron chi connectivity index (χ4n) is 2.27. The first-order valence-electron chi connectivity index (χ1n) is 7.11. The van der Waals surface area contributed by atoms with Crippen molar-refractivity contribution in [3.63, 3.8) is 0 Å². The number of hydrogen-bond acceptors (Lipinski definition) is 2. The molecule has 1 unspecified atom stereocenters. The van der Waals surface area contributed by atoms with Crippen molar-refractivity contribution < 1.29 is 4.39 Å². The molecule has 0 amide bonds. The molecular formula is C17H25FN2. The SMILES string of the molecule is CC(C)CC(C)N(C)Cc1cc(F)cc(C#CCN)c1. The van der Waals surface area contributed by atoms with Gasteiger partial charge in [0.2, 0.25) is 0 Å². The highest BCUT2D eigenvalue weighted by atomic mass is 19.1. The summed E-state index contributed by atoms with van der Waals surface area (Å²) in [6, 6.07) is 5.43. The molecule has 1 rings (SSSR count). The van der Waals surface area contributed by atoms with Crippen LogP contribution in [0.25, 0.3) is 0 Å². The Morgan fingerprint density at radius 1 is 1.25 bits per heavy atom. The summed E-state index contributed by atoms with van der Waals surface area (Å²) < 4.78 is 13.6. The molecule has 0 bridgehead atoms. The van der Waals surface area contributed by atoms with E-state index in [2.05, 4.69) is 44.6 Å². The van der Waals surface area contributed by atoms with E-state index in [-0.39, 0.29) is 12.4 Å². The molecule has 0 heterocycles. The van der Waals surface area contributed by atoms with Gasteiger partial charge in [-0.2, -0.15) is 0 Å². The Balaban J connectivity index is 2.78. The largest absolute Gasteiger partial charge is 0.320 e. The highest BCUT2D eigenvalue weighted by Crippen LogP contribution is 2.15. The Morgan fingerprint density at radius 2 is 1.95 bits per heavy atom. The minimum Gasteiger partial charge on any atom is -0.320 e. The summed E-state index contributed by atoms with van der Waals surface area (Å²) in [4.78, 5) is 2.24. The van der Waals surface area contributed by atoms with E-state index in [1.54, 1.807) is 6.07 Å². The molecule has 0 saturated heterocycles. The third-order valence-electron chi connectivity index (χ3n) is 3.29. The van der Waals surface area contributed by atoms with Gasteiger partial charge in [0.05, 0.1) is 6.54 Å². The fraction of sp³-hybridized carbons (Fsp3) is 0.529. The first kappa shape index (κ1) is 16.7. The maximum Gasteiger partial charge on any atom is 0.124 e. The van der Waals surface area contributed by atoms with Crippen molar-refractivity contribution in [2.45, 2.75) is 39.8 Å². The van der Waals surface area contributed by atoms with Crippen molar-refractivity contribution in [3.8, 4) is 11.8 Å². The van der Waals surface area contributed by atoms with Crippen LogP contribution in [0.1, 0.15) is 38.3 Å². The van der Waals surface area contributed by atoms with E-state index < -0.39 is 0 Å². The predicted octanol–water partition coefficient (Wildman–Crippen LogP) is 3.00. The minimum absolute atomic E-state index is 0.242. The summed E-state index contributed by atoms with van der Waals surface area (Å²) in [6.45, 7) is 7.65. The summed E-state index contributed by atoms with van der Waals surface area (Å²) in [7, 11) is 2.07. The molecule has 3 heteroatoms. The van der Waals surface area contributed by atoms with Gasteiger partial charge in [-0.15, -0.1) is 0 Å². The van der Waals surface area contributed by atoms with Gasteiger partial charge in [0.25, 0.3) is 0 Å². The van der Waals surface area contributed by atoms with Crippen LogP contribution in [-0.4, -0.2) is 24.5 Å². The predicted molar refractivity (Wildman–Crippen MR) is 82.7 cm³/mol. The van der Waals surface area contributed by atoms with Gasteiger partial charge >= 0.3 is 0 Å². The highest BCUT2D eigenvalue weighted by Gasteiger charge is 2.12. The van der Waals surface area contributed by atoms with E-state index in [1.807, 2.05) is 6.07 Å². The lowest BCUT2D eigenvalue weighted by Gasteiger charge is -2.26. The summed E-state index contributed by atoms with van der Waals surface area (Å²) in [5, 5.41) is 0. The van der Waals surface area contributed by atoms with E-state index in [0.29, 0.717) is 17.5 Å². The Hall–Kier alpha value is -1.37. The zero-order valence-corrected chi connectivity index (χ0v) is 12.9. The van der Waals surface area contributed by atoms with Crippen LogP contribution >= 0.6 is 0 Å². The molecule has 2 N–H and O–H groups in total. The van der Waals surface area contributed by atoms with Crippen molar-refractivity contribution in [1.29, 1.82) is 0 Å². The third-order valence-corrected chi connectivity index (χ3v) is 3.29. The van der Waals surface area contributed by atoms with Gasteiger partial charge in [-0.3, -0.25) is 4.90 Å². The molecule has 0 aliphatic heterocycles. The number of rotatable bonds is 5. The van der Waals surface area contributed by atoms with E-state index in [1.165, 1.54) is 6.07 Å². The second-order valence-electron chi connectivity index (χ2n) is 5.75. The van der Waals surface area contributed by atoms with E-state index >= 15 is 0 Å². The lowest BCUT2D eigenvalue weighted by molar-refractivity contribution is 0.220. The third kappa shape index (κ3) is 5.73. The van der Waals surface area contributed by atoms with Gasteiger partial charge in [-0.25, -0.2) is 4.39 Å². The van der Waals surface area contributed by atoms with Crippen LogP contribution in [0.2, 0.25) is 0 Å². The molecule has 1 aromatic carbocycles. The molecule has 0 saturated carbocycles. The average molecular weight is 276 g/mol. The summed E-state index contributed by atoms with van der Waals surface area (Å²) in [5.41, 5.74) is 6.98. The minimum atomic E-state index is -0.242. The molecule has 20 heavy (non-hydrogen) atoms. The van der Waals surface area contributed by atoms with Crippen molar-refractivity contribution in [2.24, 2.45) is 11.7 Å². The zero-order chi connectivity index (χ0) is 15.1. The van der Waals surface area contributed by atoms with Gasteiger partial charge in [-0.05, 0) is 50.1 Å². The van der Waals surface area contributed by atoms with Gasteiger partial charge in [0.1, 0.15) is 5.82 Å². The first-order valence-corrected chi connectivity index (χ1v) is 7.11. The average Bonchev–Trinajstić information content (AvgIpc) is 2.34. The quantitative estimate of drug-likeness (QED) is 0.838. The van der Waals surface area contributed by atoms with Gasteiger partial charge in [0, 0.05) is 18.2 Å². The second kappa shape index (κ2) is 8.04. The zero-order valence-electron chi connectivity index (χ0n) is 12.9. The number of benzene rings is 1. The normalized spacial score (nSPS) is 12.4. The highest BCUT2D eigenvalue weighted by molar-refractivity contribution is 5.38. The summed E-state index contributed by atoms with van der Waals surface area (Å²) in [6.07, 6.45) is 1.13. The van der Waals surface area contributed by atoms with Gasteiger partial charge in [-0.1, -0.05) is 25.7 Å². The molecule has 0 aliphatic carbocycles. The van der Waals surface area contributed by atoms with Crippen molar-refractivity contribution >= 4 is 0 Å². The molecule has 0 aliphatic rings. The van der Waals surface area contributed by atoms with E-state index in [9.17, 15) is 4.39 Å². The van der Waals surface area contributed by atoms with Crippen LogP contribution in [0, 0.1) is 23.6 Å². The van der Waals surface area contributed by atoms with E-state index in [0.717, 1.165) is 18.5 Å². The summed E-state index contributed by atoms with van der Waals surface area (Å²) in [5.74, 6) is 6.06. The lowest BCUT2D eigenvalue weighted by Crippen LogP contribution is -2.29. The van der Waals surface area contributed by atoms with Crippen molar-refractivity contribution in [1.82, 2.24) is 4.90 Å². The molecule has 2 nitrogen and oxygen atoms in total. The summed E-state index contributed by atoms with van der Waals surface area (Å²) >= 11 is 0. The van der Waals surface area contributed by atoms with Crippen LogP contribution in [0.15, 0.2) is 18.2 Å². The number of nitrogens with zero attached hydrogens (tertiary/aromatic N) is 1. The number of hydrogen-bond donors (Lipinski definition) is 1. The second-order valence-corrected chi connectivity index (χ2v) is 5.75. The van der Waals surface area contributed by atoms with Crippen LogP contribution in [-0.2, 0) is 6.54 Å². The Bertz CT molecular complexity index is 485. The molecule has 0 radical (unpaired) electrons. The van der Waals surface area contributed by atoms with Crippen molar-refractivity contribution in [2.75, 3.05) is 13.6 Å². The van der Waals surface area contributed by atoms with Crippen molar-refractivity contribution in [3.05, 3.63) is 35.1 Å². The van der Waals surface area contributed by atoms with Crippen LogP contribution in [0.4, 0.5) is 4.39 Å². The number of halogens is 1. The molecular weight excluding hydrogens is 251 g/mol. The molecule has 0 aromatic heterocycles. The fourth-order valence-corrected chi connectivity index (χ4v) is 2.27. The Morgan fingerprint density at radius 3 is 2.55 bits per heavy atom. The number of nitrogens with two attached hydrogens (primary N) is 1. The topological polar surface area (TPSA) is 29.3 Å².